The minimum atomic E-state index is -0.521. The summed E-state index contributed by atoms with van der Waals surface area (Å²) in [6.45, 7) is 8.50. The first kappa shape index (κ1) is 19.0. The van der Waals surface area contributed by atoms with Crippen molar-refractivity contribution in [3.8, 4) is 0 Å². The van der Waals surface area contributed by atoms with Crippen molar-refractivity contribution in [1.29, 1.82) is 0 Å². The van der Waals surface area contributed by atoms with Gasteiger partial charge >= 0.3 is 6.09 Å². The van der Waals surface area contributed by atoms with E-state index in [1.165, 1.54) is 0 Å². The lowest BCUT2D eigenvalue weighted by atomic mass is 9.84. The van der Waals surface area contributed by atoms with Gasteiger partial charge in [-0.15, -0.1) is 0 Å². The molecule has 0 aromatic rings. The number of hydrogen-bond acceptors (Lipinski definition) is 4. The van der Waals surface area contributed by atoms with Crippen LogP contribution in [0.2, 0.25) is 0 Å². The Bertz CT molecular complexity index is 458. The second-order valence-corrected chi connectivity index (χ2v) is 7.82. The number of likely N-dealkylation sites (tertiary alicyclic amines) is 1. The van der Waals surface area contributed by atoms with Crippen molar-refractivity contribution in [2.45, 2.75) is 57.6 Å². The number of carbonyl (C=O) groups excluding carboxylic acids is 2. The molecule has 1 spiro atoms. The van der Waals surface area contributed by atoms with Gasteiger partial charge in [0.25, 0.3) is 0 Å². The molecule has 138 valence electrons. The van der Waals surface area contributed by atoms with E-state index in [4.69, 9.17) is 4.74 Å². The van der Waals surface area contributed by atoms with Crippen LogP contribution in [-0.2, 0) is 9.53 Å². The van der Waals surface area contributed by atoms with Gasteiger partial charge < -0.3 is 15.0 Å². The molecule has 1 N–H and O–H groups in total. The number of nitrogens with zero attached hydrogens (tertiary/aromatic N) is 2. The maximum absolute atomic E-state index is 12.3. The van der Waals surface area contributed by atoms with Crippen LogP contribution < -0.4 is 5.32 Å². The average Bonchev–Trinajstić information content (AvgIpc) is 2.59. The van der Waals surface area contributed by atoms with Gasteiger partial charge in [0.1, 0.15) is 5.60 Å². The number of halogens is 1. The molecule has 2 saturated heterocycles. The van der Waals surface area contributed by atoms with Gasteiger partial charge in [0, 0.05) is 32.6 Å². The highest BCUT2D eigenvalue weighted by molar-refractivity contribution is 5.79. The lowest BCUT2D eigenvalue weighted by Gasteiger charge is -2.54. The Kier molecular flexibility index (Phi) is 6.06. The number of amides is 2. The van der Waals surface area contributed by atoms with Crippen molar-refractivity contribution in [2.75, 3.05) is 39.4 Å². The summed E-state index contributed by atoms with van der Waals surface area (Å²) in [5, 5.41) is 2.91. The molecule has 2 rings (SSSR count). The van der Waals surface area contributed by atoms with E-state index in [0.29, 0.717) is 32.5 Å². The molecule has 0 aromatic heterocycles. The lowest BCUT2D eigenvalue weighted by molar-refractivity contribution is -0.126. The fraction of sp³-hybridized carbons (Fsp3) is 0.882. The zero-order valence-corrected chi connectivity index (χ0v) is 15.1. The quantitative estimate of drug-likeness (QED) is 0.775. The van der Waals surface area contributed by atoms with E-state index in [-0.39, 0.29) is 24.2 Å². The Morgan fingerprint density at radius 3 is 2.62 bits per heavy atom. The Morgan fingerprint density at radius 1 is 1.29 bits per heavy atom. The molecule has 0 unspecified atom stereocenters. The van der Waals surface area contributed by atoms with Crippen molar-refractivity contribution in [3.63, 3.8) is 0 Å². The number of hydrogen-bond donors (Lipinski definition) is 1. The van der Waals surface area contributed by atoms with E-state index < -0.39 is 5.60 Å². The second kappa shape index (κ2) is 7.68. The van der Waals surface area contributed by atoms with Crippen LogP contribution in [0.4, 0.5) is 9.18 Å². The Hall–Kier alpha value is -1.37. The molecule has 0 radical (unpaired) electrons. The molecule has 2 fully saturated rings. The van der Waals surface area contributed by atoms with Gasteiger partial charge in [-0.05, 0) is 46.6 Å². The van der Waals surface area contributed by atoms with Gasteiger partial charge in [-0.1, -0.05) is 0 Å². The van der Waals surface area contributed by atoms with Gasteiger partial charge in [0.15, 0.2) is 0 Å². The molecule has 2 aliphatic heterocycles. The first-order valence-electron chi connectivity index (χ1n) is 8.81. The van der Waals surface area contributed by atoms with Crippen LogP contribution >= 0.6 is 0 Å². The highest BCUT2D eigenvalue weighted by atomic mass is 19.1. The van der Waals surface area contributed by atoms with Gasteiger partial charge in [0.2, 0.25) is 5.91 Å². The summed E-state index contributed by atoms with van der Waals surface area (Å²) in [4.78, 5) is 28.1. The third kappa shape index (κ3) is 4.82. The van der Waals surface area contributed by atoms with Crippen molar-refractivity contribution >= 4 is 12.0 Å². The predicted octanol–water partition coefficient (Wildman–Crippen LogP) is 1.94. The summed E-state index contributed by atoms with van der Waals surface area (Å²) in [5.74, 6) is 0.0325. The molecule has 0 aliphatic carbocycles. The number of rotatable bonds is 5. The molecule has 24 heavy (non-hydrogen) atoms. The number of carbonyl (C=O) groups is 2. The van der Waals surface area contributed by atoms with Crippen molar-refractivity contribution in [3.05, 3.63) is 0 Å². The summed E-state index contributed by atoms with van der Waals surface area (Å²) >= 11 is 0. The topological polar surface area (TPSA) is 61.9 Å². The first-order chi connectivity index (χ1) is 11.3. The molecule has 0 aromatic carbocycles. The van der Waals surface area contributed by atoms with Crippen molar-refractivity contribution in [2.24, 2.45) is 0 Å². The highest BCUT2D eigenvalue weighted by Crippen LogP contribution is 2.33. The minimum absolute atomic E-state index is 0.0325. The van der Waals surface area contributed by atoms with Crippen LogP contribution in [0.25, 0.3) is 0 Å². The van der Waals surface area contributed by atoms with Crippen molar-refractivity contribution < 1.29 is 18.7 Å². The standard InChI is InChI=1S/C17H30FN3O3/c1-16(2,3)24-15(23)20-12-17(13-20)11-14(22)19-8-10-21(17)9-6-4-5-7-18/h4-13H2,1-3H3,(H,19,22). The molecule has 2 amide bonds. The van der Waals surface area contributed by atoms with E-state index in [0.717, 1.165) is 25.9 Å². The summed E-state index contributed by atoms with van der Waals surface area (Å²) < 4.78 is 17.7. The Morgan fingerprint density at radius 2 is 2.00 bits per heavy atom. The van der Waals surface area contributed by atoms with E-state index in [1.54, 1.807) is 4.90 Å². The SMILES string of the molecule is CC(C)(C)OC(=O)N1CC2(CC(=O)NCCN2CCCCCF)C1. The van der Waals surface area contributed by atoms with E-state index in [2.05, 4.69) is 10.2 Å². The molecule has 0 bridgehead atoms. The van der Waals surface area contributed by atoms with Gasteiger partial charge in [-0.2, -0.15) is 0 Å². The molecule has 2 heterocycles. The molecule has 0 atom stereocenters. The van der Waals surface area contributed by atoms with Gasteiger partial charge in [0.05, 0.1) is 12.2 Å². The molecular weight excluding hydrogens is 313 g/mol. The molecule has 6 nitrogen and oxygen atoms in total. The minimum Gasteiger partial charge on any atom is -0.444 e. The second-order valence-electron chi connectivity index (χ2n) is 7.82. The smallest absolute Gasteiger partial charge is 0.410 e. The third-order valence-electron chi connectivity index (χ3n) is 4.55. The van der Waals surface area contributed by atoms with Crippen LogP contribution in [0.1, 0.15) is 46.5 Å². The normalized spacial score (nSPS) is 21.2. The van der Waals surface area contributed by atoms with E-state index in [1.807, 2.05) is 20.8 Å². The van der Waals surface area contributed by atoms with Crippen LogP contribution in [-0.4, -0.2) is 72.3 Å². The third-order valence-corrected chi connectivity index (χ3v) is 4.55. The number of ether oxygens (including phenoxy) is 1. The summed E-state index contributed by atoms with van der Waals surface area (Å²) in [7, 11) is 0. The zero-order valence-electron chi connectivity index (χ0n) is 15.1. The maximum Gasteiger partial charge on any atom is 0.410 e. The van der Waals surface area contributed by atoms with Crippen LogP contribution in [0.5, 0.6) is 0 Å². The van der Waals surface area contributed by atoms with Gasteiger partial charge in [-0.3, -0.25) is 14.1 Å². The summed E-state index contributed by atoms with van der Waals surface area (Å²) in [6.07, 6.45) is 2.42. The zero-order chi connectivity index (χ0) is 17.8. The fourth-order valence-corrected chi connectivity index (χ4v) is 3.40. The van der Waals surface area contributed by atoms with Crippen LogP contribution in [0.3, 0.4) is 0 Å². The van der Waals surface area contributed by atoms with Gasteiger partial charge in [-0.25, -0.2) is 4.79 Å². The number of unbranched alkanes of at least 4 members (excludes halogenated alkanes) is 2. The predicted molar refractivity (Wildman–Crippen MR) is 89.6 cm³/mol. The largest absolute Gasteiger partial charge is 0.444 e. The Balaban J connectivity index is 1.96. The number of nitrogens with one attached hydrogen (secondary N) is 1. The van der Waals surface area contributed by atoms with Crippen LogP contribution in [0.15, 0.2) is 0 Å². The Labute approximate surface area is 143 Å². The monoisotopic (exact) mass is 343 g/mol. The van der Waals surface area contributed by atoms with Crippen LogP contribution in [0, 0.1) is 0 Å². The van der Waals surface area contributed by atoms with Crippen molar-refractivity contribution in [1.82, 2.24) is 15.1 Å². The fourth-order valence-electron chi connectivity index (χ4n) is 3.40. The first-order valence-corrected chi connectivity index (χ1v) is 8.81. The molecule has 0 saturated carbocycles. The molecular formula is C17H30FN3O3. The maximum atomic E-state index is 12.3. The highest BCUT2D eigenvalue weighted by Gasteiger charge is 2.52. The molecule has 7 heteroatoms. The average molecular weight is 343 g/mol. The molecule has 2 aliphatic rings. The lowest BCUT2D eigenvalue weighted by Crippen LogP contribution is -2.72. The summed E-state index contributed by atoms with van der Waals surface area (Å²) in [5.41, 5.74) is -0.820. The van der Waals surface area contributed by atoms with E-state index in [9.17, 15) is 14.0 Å². The summed E-state index contributed by atoms with van der Waals surface area (Å²) in [6, 6.07) is 0. The number of alkyl halides is 1. The van der Waals surface area contributed by atoms with E-state index >= 15 is 0 Å².